The first-order chi connectivity index (χ1) is 7.72. The van der Waals surface area contributed by atoms with Crippen molar-refractivity contribution in [3.05, 3.63) is 29.8 Å². The second-order valence-corrected chi connectivity index (χ2v) is 3.89. The summed E-state index contributed by atoms with van der Waals surface area (Å²) >= 11 is 0. The molecular weight excluding hydrogens is 200 g/mol. The fourth-order valence-corrected chi connectivity index (χ4v) is 1.34. The van der Waals surface area contributed by atoms with E-state index in [4.69, 9.17) is 0 Å². The number of nitrogens with one attached hydrogen (secondary N) is 2. The van der Waals surface area contributed by atoms with E-state index in [-0.39, 0.29) is 5.91 Å². The Hall–Kier alpha value is -1.51. The normalized spacial score (nSPS) is 9.88. The lowest BCUT2D eigenvalue weighted by atomic mass is 10.2. The summed E-state index contributed by atoms with van der Waals surface area (Å²) < 4.78 is 0. The SMILES string of the molecule is CCCNC(=O)CCNc1ccc(C)cc1. The topological polar surface area (TPSA) is 41.1 Å². The number of aryl methyl sites for hydroxylation is 1. The van der Waals surface area contributed by atoms with Crippen LogP contribution in [0.3, 0.4) is 0 Å². The van der Waals surface area contributed by atoms with Gasteiger partial charge in [-0.25, -0.2) is 0 Å². The molecule has 0 saturated heterocycles. The van der Waals surface area contributed by atoms with Crippen LogP contribution in [-0.4, -0.2) is 19.0 Å². The van der Waals surface area contributed by atoms with E-state index in [0.29, 0.717) is 13.0 Å². The molecule has 0 saturated carbocycles. The molecule has 3 nitrogen and oxygen atoms in total. The molecule has 0 unspecified atom stereocenters. The number of carbonyl (C=O) groups excluding carboxylic acids is 1. The minimum atomic E-state index is 0.112. The van der Waals surface area contributed by atoms with Gasteiger partial charge in [0.2, 0.25) is 5.91 Å². The number of rotatable bonds is 6. The van der Waals surface area contributed by atoms with Gasteiger partial charge in [0.05, 0.1) is 0 Å². The number of amides is 1. The Balaban J connectivity index is 2.20. The molecule has 88 valence electrons. The molecule has 0 aliphatic heterocycles. The Labute approximate surface area is 97.2 Å². The summed E-state index contributed by atoms with van der Waals surface area (Å²) in [5.41, 5.74) is 2.31. The van der Waals surface area contributed by atoms with Crippen LogP contribution in [0.4, 0.5) is 5.69 Å². The van der Waals surface area contributed by atoms with Gasteiger partial charge in [0.15, 0.2) is 0 Å². The van der Waals surface area contributed by atoms with E-state index in [1.54, 1.807) is 0 Å². The minimum Gasteiger partial charge on any atom is -0.385 e. The molecule has 2 N–H and O–H groups in total. The van der Waals surface area contributed by atoms with Crippen LogP contribution in [0, 0.1) is 6.92 Å². The highest BCUT2D eigenvalue weighted by molar-refractivity contribution is 5.76. The van der Waals surface area contributed by atoms with Gasteiger partial charge in [-0.05, 0) is 25.5 Å². The van der Waals surface area contributed by atoms with E-state index in [1.165, 1.54) is 5.56 Å². The lowest BCUT2D eigenvalue weighted by Gasteiger charge is -2.07. The second kappa shape index (κ2) is 6.88. The Bertz CT molecular complexity index is 319. The summed E-state index contributed by atoms with van der Waals surface area (Å²) in [5, 5.41) is 6.07. The third kappa shape index (κ3) is 4.82. The number of carbonyl (C=O) groups is 1. The lowest BCUT2D eigenvalue weighted by Crippen LogP contribution is -2.25. The molecule has 1 rings (SSSR count). The largest absolute Gasteiger partial charge is 0.385 e. The van der Waals surface area contributed by atoms with Gasteiger partial charge in [0.1, 0.15) is 0 Å². The van der Waals surface area contributed by atoms with Crippen LogP contribution in [0.15, 0.2) is 24.3 Å². The zero-order chi connectivity index (χ0) is 11.8. The van der Waals surface area contributed by atoms with Gasteiger partial charge < -0.3 is 10.6 Å². The van der Waals surface area contributed by atoms with Crippen molar-refractivity contribution < 1.29 is 4.79 Å². The molecule has 1 aromatic carbocycles. The molecule has 1 aromatic rings. The molecular formula is C13H20N2O. The molecule has 0 aliphatic rings. The third-order valence-corrected chi connectivity index (χ3v) is 2.30. The first-order valence-electron chi connectivity index (χ1n) is 5.79. The van der Waals surface area contributed by atoms with Crippen molar-refractivity contribution in [1.82, 2.24) is 5.32 Å². The highest BCUT2D eigenvalue weighted by Gasteiger charge is 1.99. The smallest absolute Gasteiger partial charge is 0.221 e. The van der Waals surface area contributed by atoms with Crippen molar-refractivity contribution in [1.29, 1.82) is 0 Å². The van der Waals surface area contributed by atoms with E-state index in [2.05, 4.69) is 29.7 Å². The van der Waals surface area contributed by atoms with E-state index in [9.17, 15) is 4.79 Å². The summed E-state index contributed by atoms with van der Waals surface area (Å²) in [6, 6.07) is 8.16. The number of benzene rings is 1. The van der Waals surface area contributed by atoms with E-state index in [1.807, 2.05) is 19.1 Å². The van der Waals surface area contributed by atoms with E-state index in [0.717, 1.165) is 18.7 Å². The zero-order valence-corrected chi connectivity index (χ0v) is 10.0. The van der Waals surface area contributed by atoms with Gasteiger partial charge in [0, 0.05) is 25.2 Å². The fourth-order valence-electron chi connectivity index (χ4n) is 1.34. The summed E-state index contributed by atoms with van der Waals surface area (Å²) in [6.45, 7) is 5.55. The molecule has 0 heterocycles. The maximum Gasteiger partial charge on any atom is 0.221 e. The van der Waals surface area contributed by atoms with Crippen LogP contribution >= 0.6 is 0 Å². The Morgan fingerprint density at radius 1 is 1.19 bits per heavy atom. The molecule has 0 bridgehead atoms. The van der Waals surface area contributed by atoms with Crippen molar-refractivity contribution in [2.45, 2.75) is 26.7 Å². The highest BCUT2D eigenvalue weighted by atomic mass is 16.1. The quantitative estimate of drug-likeness (QED) is 0.772. The van der Waals surface area contributed by atoms with Gasteiger partial charge in [-0.15, -0.1) is 0 Å². The molecule has 1 amide bonds. The lowest BCUT2D eigenvalue weighted by molar-refractivity contribution is -0.120. The average Bonchev–Trinajstić information content (AvgIpc) is 2.29. The maximum atomic E-state index is 11.3. The first-order valence-corrected chi connectivity index (χ1v) is 5.79. The maximum absolute atomic E-state index is 11.3. The molecule has 0 aliphatic carbocycles. The van der Waals surface area contributed by atoms with Gasteiger partial charge in [-0.1, -0.05) is 24.6 Å². The van der Waals surface area contributed by atoms with Crippen molar-refractivity contribution in [3.63, 3.8) is 0 Å². The van der Waals surface area contributed by atoms with Gasteiger partial charge >= 0.3 is 0 Å². The summed E-state index contributed by atoms with van der Waals surface area (Å²) in [4.78, 5) is 11.3. The van der Waals surface area contributed by atoms with Crippen LogP contribution in [0.25, 0.3) is 0 Å². The molecule has 0 radical (unpaired) electrons. The number of anilines is 1. The van der Waals surface area contributed by atoms with Crippen molar-refractivity contribution >= 4 is 11.6 Å². The van der Waals surface area contributed by atoms with Crippen LogP contribution < -0.4 is 10.6 Å². The summed E-state index contributed by atoms with van der Waals surface area (Å²) in [7, 11) is 0. The highest BCUT2D eigenvalue weighted by Crippen LogP contribution is 2.07. The predicted molar refractivity (Wildman–Crippen MR) is 67.6 cm³/mol. The van der Waals surface area contributed by atoms with Crippen LogP contribution in [-0.2, 0) is 4.79 Å². The Morgan fingerprint density at radius 3 is 2.50 bits per heavy atom. The van der Waals surface area contributed by atoms with E-state index < -0.39 is 0 Å². The number of hydrogen-bond acceptors (Lipinski definition) is 2. The average molecular weight is 220 g/mol. The molecule has 16 heavy (non-hydrogen) atoms. The Morgan fingerprint density at radius 2 is 1.88 bits per heavy atom. The Kier molecular flexibility index (Phi) is 5.40. The molecule has 3 heteroatoms. The standard InChI is InChI=1S/C13H20N2O/c1-3-9-15-13(16)8-10-14-12-6-4-11(2)5-7-12/h4-7,14H,3,8-10H2,1-2H3,(H,15,16). The van der Waals surface area contributed by atoms with Gasteiger partial charge in [-0.2, -0.15) is 0 Å². The van der Waals surface area contributed by atoms with Crippen molar-refractivity contribution in [2.24, 2.45) is 0 Å². The second-order valence-electron chi connectivity index (χ2n) is 3.89. The number of hydrogen-bond donors (Lipinski definition) is 2. The van der Waals surface area contributed by atoms with Gasteiger partial charge in [-0.3, -0.25) is 4.79 Å². The summed E-state index contributed by atoms with van der Waals surface area (Å²) in [6.07, 6.45) is 1.50. The van der Waals surface area contributed by atoms with E-state index >= 15 is 0 Å². The zero-order valence-electron chi connectivity index (χ0n) is 10.0. The third-order valence-electron chi connectivity index (χ3n) is 2.30. The van der Waals surface area contributed by atoms with Crippen molar-refractivity contribution in [3.8, 4) is 0 Å². The summed E-state index contributed by atoms with van der Waals surface area (Å²) in [5.74, 6) is 0.112. The van der Waals surface area contributed by atoms with Gasteiger partial charge in [0.25, 0.3) is 0 Å². The minimum absolute atomic E-state index is 0.112. The molecule has 0 aromatic heterocycles. The molecule has 0 atom stereocenters. The van der Waals surface area contributed by atoms with Crippen LogP contribution in [0.1, 0.15) is 25.3 Å². The van der Waals surface area contributed by atoms with Crippen molar-refractivity contribution in [2.75, 3.05) is 18.4 Å². The predicted octanol–water partition coefficient (Wildman–Crippen LogP) is 2.32. The van der Waals surface area contributed by atoms with Crippen LogP contribution in [0.5, 0.6) is 0 Å². The monoisotopic (exact) mass is 220 g/mol. The molecule has 0 fully saturated rings. The van der Waals surface area contributed by atoms with Crippen LogP contribution in [0.2, 0.25) is 0 Å². The molecule has 0 spiro atoms. The fraction of sp³-hybridized carbons (Fsp3) is 0.462. The first kappa shape index (κ1) is 12.6.